The monoisotopic (exact) mass is 383 g/mol. The number of anilines is 1. The van der Waals surface area contributed by atoms with E-state index in [1.165, 1.54) is 20.3 Å². The summed E-state index contributed by atoms with van der Waals surface area (Å²) in [6, 6.07) is 6.28. The van der Waals surface area contributed by atoms with Crippen molar-refractivity contribution in [3.8, 4) is 11.5 Å². The molecule has 0 radical (unpaired) electrons. The van der Waals surface area contributed by atoms with Crippen molar-refractivity contribution in [1.29, 1.82) is 0 Å². The van der Waals surface area contributed by atoms with E-state index in [0.717, 1.165) is 10.6 Å². The molecule has 1 aromatic heterocycles. The van der Waals surface area contributed by atoms with E-state index in [-0.39, 0.29) is 24.8 Å². The van der Waals surface area contributed by atoms with Gasteiger partial charge in [0.15, 0.2) is 5.82 Å². The Hall–Kier alpha value is -2.75. The summed E-state index contributed by atoms with van der Waals surface area (Å²) in [5.74, 6) is 1.23. The molecule has 0 atom stereocenters. The standard InChI is InChI=1S/C16H21N3O6S/c1-11-7-15(18-25-11)19(26(4,21)22)6-5-17-16(20)12-8-13(23-2)10-14(9-12)24-3/h7-10H,5-6H2,1-4H3,(H,17,20). The third kappa shape index (κ3) is 4.88. The van der Waals surface area contributed by atoms with E-state index in [0.29, 0.717) is 22.8 Å². The molecule has 0 spiro atoms. The number of aryl methyl sites for hydroxylation is 1. The number of nitrogens with one attached hydrogen (secondary N) is 1. The van der Waals surface area contributed by atoms with E-state index < -0.39 is 10.0 Å². The van der Waals surface area contributed by atoms with Crippen LogP contribution in [0.4, 0.5) is 5.82 Å². The van der Waals surface area contributed by atoms with Crippen LogP contribution in [0.1, 0.15) is 16.1 Å². The highest BCUT2D eigenvalue weighted by molar-refractivity contribution is 7.92. The molecule has 0 bridgehead atoms. The fourth-order valence-electron chi connectivity index (χ4n) is 2.23. The third-order valence-electron chi connectivity index (χ3n) is 3.49. The Kier molecular flexibility index (Phi) is 6.09. The van der Waals surface area contributed by atoms with Crippen molar-refractivity contribution >= 4 is 21.7 Å². The van der Waals surface area contributed by atoms with E-state index in [4.69, 9.17) is 14.0 Å². The molecule has 1 heterocycles. The van der Waals surface area contributed by atoms with Crippen molar-refractivity contribution < 1.29 is 27.2 Å². The SMILES string of the molecule is COc1cc(OC)cc(C(=O)NCCN(c2cc(C)on2)S(C)(=O)=O)c1. The van der Waals surface area contributed by atoms with Crippen molar-refractivity contribution in [3.63, 3.8) is 0 Å². The summed E-state index contributed by atoms with van der Waals surface area (Å²) >= 11 is 0. The number of methoxy groups -OCH3 is 2. The van der Waals surface area contributed by atoms with Crippen LogP contribution in [0.15, 0.2) is 28.8 Å². The first-order valence-corrected chi connectivity index (χ1v) is 9.51. The van der Waals surface area contributed by atoms with Crippen LogP contribution in [0, 0.1) is 6.92 Å². The zero-order chi connectivity index (χ0) is 19.3. The maximum Gasteiger partial charge on any atom is 0.251 e. The van der Waals surface area contributed by atoms with Gasteiger partial charge >= 0.3 is 0 Å². The van der Waals surface area contributed by atoms with Crippen molar-refractivity contribution in [2.75, 3.05) is 37.9 Å². The number of ether oxygens (including phenoxy) is 2. The van der Waals surface area contributed by atoms with Crippen LogP contribution >= 0.6 is 0 Å². The maximum atomic E-state index is 12.3. The van der Waals surface area contributed by atoms with E-state index in [9.17, 15) is 13.2 Å². The number of carbonyl (C=O) groups excluding carboxylic acids is 1. The molecule has 0 aliphatic heterocycles. The molecular weight excluding hydrogens is 362 g/mol. The van der Waals surface area contributed by atoms with Gasteiger partial charge in [-0.15, -0.1) is 0 Å². The van der Waals surface area contributed by atoms with Gasteiger partial charge in [-0.05, 0) is 19.1 Å². The lowest BCUT2D eigenvalue weighted by atomic mass is 10.2. The van der Waals surface area contributed by atoms with E-state index in [2.05, 4.69) is 10.5 Å². The van der Waals surface area contributed by atoms with Gasteiger partial charge in [0.25, 0.3) is 5.91 Å². The highest BCUT2D eigenvalue weighted by atomic mass is 32.2. The van der Waals surface area contributed by atoms with Crippen molar-refractivity contribution in [2.45, 2.75) is 6.92 Å². The van der Waals surface area contributed by atoms with Gasteiger partial charge in [-0.25, -0.2) is 12.7 Å². The molecule has 0 aliphatic rings. The second-order valence-corrected chi connectivity index (χ2v) is 7.39. The number of carbonyl (C=O) groups is 1. The molecule has 0 saturated heterocycles. The predicted molar refractivity (Wildman–Crippen MR) is 95.3 cm³/mol. The summed E-state index contributed by atoms with van der Waals surface area (Å²) in [4.78, 5) is 12.3. The van der Waals surface area contributed by atoms with Crippen LogP contribution in [0.2, 0.25) is 0 Å². The zero-order valence-electron chi connectivity index (χ0n) is 15.0. The Labute approximate surface area is 151 Å². The number of hydrogen-bond donors (Lipinski definition) is 1. The molecule has 142 valence electrons. The molecule has 0 saturated carbocycles. The molecule has 2 aromatic rings. The lowest BCUT2D eigenvalue weighted by molar-refractivity contribution is 0.0954. The predicted octanol–water partition coefficient (Wildman–Crippen LogP) is 1.20. The van der Waals surface area contributed by atoms with Crippen LogP contribution in [-0.4, -0.2) is 53.0 Å². The fraction of sp³-hybridized carbons (Fsp3) is 0.375. The average Bonchev–Trinajstić information content (AvgIpc) is 3.02. The second kappa shape index (κ2) is 8.09. The summed E-state index contributed by atoms with van der Waals surface area (Å²) in [5, 5.41) is 6.38. The molecule has 1 aromatic carbocycles. The first kappa shape index (κ1) is 19.6. The van der Waals surface area contributed by atoms with E-state index in [1.54, 1.807) is 25.1 Å². The number of nitrogens with zero attached hydrogens (tertiary/aromatic N) is 2. The van der Waals surface area contributed by atoms with Crippen LogP contribution in [0.25, 0.3) is 0 Å². The minimum Gasteiger partial charge on any atom is -0.497 e. The molecule has 10 heteroatoms. The smallest absolute Gasteiger partial charge is 0.251 e. The number of aromatic nitrogens is 1. The van der Waals surface area contributed by atoms with Gasteiger partial charge in [0, 0.05) is 24.2 Å². The molecule has 26 heavy (non-hydrogen) atoms. The summed E-state index contributed by atoms with van der Waals surface area (Å²) in [6.07, 6.45) is 1.06. The lowest BCUT2D eigenvalue weighted by Gasteiger charge is -2.19. The third-order valence-corrected chi connectivity index (χ3v) is 4.66. The number of rotatable bonds is 8. The Balaban J connectivity index is 2.06. The second-order valence-electron chi connectivity index (χ2n) is 5.49. The van der Waals surface area contributed by atoms with Crippen molar-refractivity contribution in [1.82, 2.24) is 10.5 Å². The minimum atomic E-state index is -3.57. The maximum absolute atomic E-state index is 12.3. The minimum absolute atomic E-state index is 0.0116. The summed E-state index contributed by atoms with van der Waals surface area (Å²) in [5.41, 5.74) is 0.337. The van der Waals surface area contributed by atoms with Gasteiger partial charge < -0.3 is 19.3 Å². The quantitative estimate of drug-likeness (QED) is 0.729. The molecule has 0 fully saturated rings. The molecule has 9 nitrogen and oxygen atoms in total. The van der Waals surface area contributed by atoms with Crippen LogP contribution in [-0.2, 0) is 10.0 Å². The van der Waals surface area contributed by atoms with Gasteiger partial charge in [0.05, 0.1) is 27.0 Å². The first-order valence-electron chi connectivity index (χ1n) is 7.67. The molecule has 1 N–H and O–H groups in total. The van der Waals surface area contributed by atoms with Gasteiger partial charge in [0.2, 0.25) is 10.0 Å². The van der Waals surface area contributed by atoms with Gasteiger partial charge in [0.1, 0.15) is 17.3 Å². The molecule has 2 rings (SSSR count). The Morgan fingerprint density at radius 1 is 1.19 bits per heavy atom. The number of benzene rings is 1. The van der Waals surface area contributed by atoms with Crippen LogP contribution in [0.5, 0.6) is 11.5 Å². The lowest BCUT2D eigenvalue weighted by Crippen LogP contribution is -2.38. The summed E-state index contributed by atoms with van der Waals surface area (Å²) in [7, 11) is -0.596. The molecule has 0 aliphatic carbocycles. The highest BCUT2D eigenvalue weighted by Gasteiger charge is 2.21. The number of amides is 1. The molecule has 1 amide bonds. The molecule has 0 unspecified atom stereocenters. The number of sulfonamides is 1. The first-order chi connectivity index (χ1) is 12.2. The van der Waals surface area contributed by atoms with Gasteiger partial charge in [-0.3, -0.25) is 4.79 Å². The van der Waals surface area contributed by atoms with Crippen molar-refractivity contribution in [3.05, 3.63) is 35.6 Å². The Bertz CT molecular complexity index is 856. The van der Waals surface area contributed by atoms with E-state index in [1.807, 2.05) is 0 Å². The Morgan fingerprint density at radius 3 is 2.27 bits per heavy atom. The van der Waals surface area contributed by atoms with E-state index >= 15 is 0 Å². The van der Waals surface area contributed by atoms with Crippen LogP contribution in [0.3, 0.4) is 0 Å². The molecular formula is C16H21N3O6S. The number of hydrogen-bond acceptors (Lipinski definition) is 7. The highest BCUT2D eigenvalue weighted by Crippen LogP contribution is 2.22. The van der Waals surface area contributed by atoms with Crippen LogP contribution < -0.4 is 19.1 Å². The zero-order valence-corrected chi connectivity index (χ0v) is 15.8. The summed E-state index contributed by atoms with van der Waals surface area (Å²) < 4.78 is 40.1. The van der Waals surface area contributed by atoms with Crippen molar-refractivity contribution in [2.24, 2.45) is 0 Å². The summed E-state index contributed by atoms with van der Waals surface area (Å²) in [6.45, 7) is 1.75. The largest absolute Gasteiger partial charge is 0.497 e. The average molecular weight is 383 g/mol. The van der Waals surface area contributed by atoms with Gasteiger partial charge in [-0.2, -0.15) is 0 Å². The normalized spacial score (nSPS) is 11.1. The Morgan fingerprint density at radius 2 is 1.81 bits per heavy atom. The topological polar surface area (TPSA) is 111 Å². The fourth-order valence-corrected chi connectivity index (χ4v) is 3.08. The van der Waals surface area contributed by atoms with Gasteiger partial charge in [-0.1, -0.05) is 5.16 Å².